The maximum Gasteiger partial charge on any atom is 0.326 e. The highest BCUT2D eigenvalue weighted by atomic mass is 127. The molecule has 2 amide bonds. The molecule has 1 aliphatic heterocycles. The Hall–Kier alpha value is -2.07. The van der Waals surface area contributed by atoms with E-state index >= 15 is 0 Å². The summed E-state index contributed by atoms with van der Waals surface area (Å²) in [5.74, 6) is -0.0262. The lowest BCUT2D eigenvalue weighted by Gasteiger charge is -2.13. The Morgan fingerprint density at radius 2 is 1.93 bits per heavy atom. The highest BCUT2D eigenvalue weighted by Crippen LogP contribution is 2.33. The van der Waals surface area contributed by atoms with Crippen molar-refractivity contribution in [2.75, 3.05) is 6.54 Å². The number of esters is 1. The first-order valence-electron chi connectivity index (χ1n) is 8.14. The van der Waals surface area contributed by atoms with E-state index < -0.39 is 23.7 Å². The summed E-state index contributed by atoms with van der Waals surface area (Å²) in [5, 5.41) is -0.503. The number of thioether (sulfide) groups is 1. The van der Waals surface area contributed by atoms with Crippen molar-refractivity contribution < 1.29 is 23.5 Å². The van der Waals surface area contributed by atoms with Crippen molar-refractivity contribution in [2.24, 2.45) is 0 Å². The average Bonchev–Trinajstić information content (AvgIpc) is 3.16. The van der Waals surface area contributed by atoms with Gasteiger partial charge in [-0.05, 0) is 72.5 Å². The Labute approximate surface area is 174 Å². The van der Waals surface area contributed by atoms with Crippen LogP contribution in [0.4, 0.5) is 4.79 Å². The second kappa shape index (κ2) is 8.30. The van der Waals surface area contributed by atoms with E-state index in [1.807, 2.05) is 24.3 Å². The third-order valence-electron chi connectivity index (χ3n) is 3.56. The molecule has 0 atom stereocenters. The minimum Gasteiger partial charge on any atom is -0.462 e. The molecule has 3 rings (SSSR count). The smallest absolute Gasteiger partial charge is 0.326 e. The van der Waals surface area contributed by atoms with Gasteiger partial charge in [-0.15, -0.1) is 0 Å². The third kappa shape index (κ3) is 4.81. The minimum absolute atomic E-state index is 0.209. The number of hydrogen-bond acceptors (Lipinski definition) is 6. The summed E-state index contributed by atoms with van der Waals surface area (Å²) < 4.78 is 11.9. The molecule has 0 spiro atoms. The van der Waals surface area contributed by atoms with Gasteiger partial charge in [-0.2, -0.15) is 0 Å². The van der Waals surface area contributed by atoms with E-state index in [2.05, 4.69) is 22.6 Å². The molecule has 1 fully saturated rings. The number of hydrogen-bond donors (Lipinski definition) is 0. The number of rotatable bonds is 5. The number of amides is 2. The molecule has 1 aromatic carbocycles. The molecule has 1 aromatic heterocycles. The van der Waals surface area contributed by atoms with Crippen LogP contribution in [0.15, 0.2) is 45.7 Å². The predicted octanol–water partition coefficient (Wildman–Crippen LogP) is 4.54. The van der Waals surface area contributed by atoms with E-state index in [1.165, 1.54) is 6.08 Å². The van der Waals surface area contributed by atoms with Gasteiger partial charge in [-0.3, -0.25) is 19.3 Å². The van der Waals surface area contributed by atoms with Gasteiger partial charge in [0.2, 0.25) is 0 Å². The Morgan fingerprint density at radius 1 is 1.22 bits per heavy atom. The number of carbonyl (C=O) groups is 3. The van der Waals surface area contributed by atoms with Gasteiger partial charge in [-0.25, -0.2) is 0 Å². The standard InChI is InChI=1S/C19H16INO5S/c1-11(2)25-17(22)10-21-18(23)16(27-19(21)24)9-14-7-8-15(26-14)12-3-5-13(20)6-4-12/h3-9,11H,10H2,1-2H3/b16-9-. The lowest BCUT2D eigenvalue weighted by Crippen LogP contribution is -2.35. The average molecular weight is 497 g/mol. The van der Waals surface area contributed by atoms with Crippen LogP contribution in [-0.2, 0) is 14.3 Å². The molecule has 2 heterocycles. The van der Waals surface area contributed by atoms with Crippen LogP contribution >= 0.6 is 34.4 Å². The normalized spacial score (nSPS) is 15.9. The van der Waals surface area contributed by atoms with E-state index in [1.54, 1.807) is 26.0 Å². The number of furan rings is 1. The highest BCUT2D eigenvalue weighted by molar-refractivity contribution is 14.1. The van der Waals surface area contributed by atoms with Crippen molar-refractivity contribution in [3.05, 3.63) is 50.6 Å². The van der Waals surface area contributed by atoms with Gasteiger partial charge >= 0.3 is 5.97 Å². The van der Waals surface area contributed by atoms with Gasteiger partial charge in [0.25, 0.3) is 11.1 Å². The zero-order valence-corrected chi connectivity index (χ0v) is 17.6. The molecule has 27 heavy (non-hydrogen) atoms. The first-order chi connectivity index (χ1) is 12.8. The van der Waals surface area contributed by atoms with Crippen molar-refractivity contribution in [3.8, 4) is 11.3 Å². The Morgan fingerprint density at radius 3 is 2.59 bits per heavy atom. The molecular formula is C19H16INO5S. The van der Waals surface area contributed by atoms with Crippen LogP contribution in [0.2, 0.25) is 0 Å². The van der Waals surface area contributed by atoms with E-state index in [4.69, 9.17) is 9.15 Å². The van der Waals surface area contributed by atoms with Gasteiger partial charge in [0.15, 0.2) is 0 Å². The van der Waals surface area contributed by atoms with Gasteiger partial charge in [-0.1, -0.05) is 12.1 Å². The van der Waals surface area contributed by atoms with Gasteiger partial charge in [0.1, 0.15) is 18.1 Å². The van der Waals surface area contributed by atoms with Crippen LogP contribution in [0.1, 0.15) is 19.6 Å². The number of halogens is 1. The van der Waals surface area contributed by atoms with E-state index in [0.29, 0.717) is 11.5 Å². The predicted molar refractivity (Wildman–Crippen MR) is 111 cm³/mol. The summed E-state index contributed by atoms with van der Waals surface area (Å²) in [7, 11) is 0. The molecule has 0 N–H and O–H groups in total. The largest absolute Gasteiger partial charge is 0.462 e. The molecule has 1 aliphatic rings. The van der Waals surface area contributed by atoms with Crippen LogP contribution in [0.5, 0.6) is 0 Å². The molecule has 0 unspecified atom stereocenters. The van der Waals surface area contributed by atoms with Crippen molar-refractivity contribution in [1.29, 1.82) is 0 Å². The second-order valence-corrected chi connectivity index (χ2v) is 8.25. The van der Waals surface area contributed by atoms with Crippen molar-refractivity contribution in [1.82, 2.24) is 4.90 Å². The van der Waals surface area contributed by atoms with E-state index in [-0.39, 0.29) is 11.0 Å². The van der Waals surface area contributed by atoms with Crippen LogP contribution in [-0.4, -0.2) is 34.7 Å². The van der Waals surface area contributed by atoms with Crippen LogP contribution in [0.25, 0.3) is 17.4 Å². The summed E-state index contributed by atoms with van der Waals surface area (Å²) >= 11 is 3.00. The van der Waals surface area contributed by atoms with Crippen molar-refractivity contribution >= 4 is 57.5 Å². The first kappa shape index (κ1) is 19.7. The molecule has 0 bridgehead atoms. The fourth-order valence-corrected chi connectivity index (χ4v) is 3.57. The number of carbonyl (C=O) groups excluding carboxylic acids is 3. The quantitative estimate of drug-likeness (QED) is 0.343. The number of ether oxygens (including phenoxy) is 1. The van der Waals surface area contributed by atoms with Gasteiger partial charge in [0.05, 0.1) is 11.0 Å². The molecule has 140 valence electrons. The van der Waals surface area contributed by atoms with Crippen LogP contribution < -0.4 is 0 Å². The zero-order chi connectivity index (χ0) is 19.6. The summed E-state index contributed by atoms with van der Waals surface area (Å²) in [6.45, 7) is 3.01. The second-order valence-electron chi connectivity index (χ2n) is 6.02. The molecule has 1 saturated heterocycles. The molecule has 0 saturated carbocycles. The van der Waals surface area contributed by atoms with Crippen LogP contribution in [0.3, 0.4) is 0 Å². The SMILES string of the molecule is CC(C)OC(=O)CN1C(=O)S/C(=C\c2ccc(-c3ccc(I)cc3)o2)C1=O. The molecular weight excluding hydrogens is 481 g/mol. The molecule has 2 aromatic rings. The fourth-order valence-electron chi connectivity index (χ4n) is 2.39. The maximum atomic E-state index is 12.4. The van der Waals surface area contributed by atoms with Gasteiger partial charge < -0.3 is 9.15 Å². The van der Waals surface area contributed by atoms with E-state index in [0.717, 1.165) is 25.8 Å². The van der Waals surface area contributed by atoms with Crippen molar-refractivity contribution in [3.63, 3.8) is 0 Å². The highest BCUT2D eigenvalue weighted by Gasteiger charge is 2.37. The maximum absolute atomic E-state index is 12.4. The molecule has 6 nitrogen and oxygen atoms in total. The number of nitrogens with zero attached hydrogens (tertiary/aromatic N) is 1. The monoisotopic (exact) mass is 497 g/mol. The summed E-state index contributed by atoms with van der Waals surface area (Å²) in [4.78, 5) is 37.3. The summed E-state index contributed by atoms with van der Waals surface area (Å²) in [6.07, 6.45) is 1.20. The number of benzene rings is 1. The lowest BCUT2D eigenvalue weighted by molar-refractivity contribution is -0.149. The van der Waals surface area contributed by atoms with Crippen molar-refractivity contribution in [2.45, 2.75) is 20.0 Å². The summed E-state index contributed by atoms with van der Waals surface area (Å²) in [5.41, 5.74) is 0.916. The Bertz CT molecular complexity index is 916. The molecule has 0 radical (unpaired) electrons. The fraction of sp³-hybridized carbons (Fsp3) is 0.211. The van der Waals surface area contributed by atoms with Gasteiger partial charge in [0, 0.05) is 15.2 Å². The zero-order valence-electron chi connectivity index (χ0n) is 14.6. The molecule has 8 heteroatoms. The van der Waals surface area contributed by atoms with E-state index in [9.17, 15) is 14.4 Å². The molecule has 0 aliphatic carbocycles. The summed E-state index contributed by atoms with van der Waals surface area (Å²) in [6, 6.07) is 11.4. The number of imide groups is 1. The Balaban J connectivity index is 1.74. The topological polar surface area (TPSA) is 76.8 Å². The van der Waals surface area contributed by atoms with Crippen LogP contribution in [0, 0.1) is 3.57 Å². The first-order valence-corrected chi connectivity index (χ1v) is 10.0. The third-order valence-corrected chi connectivity index (χ3v) is 5.18. The lowest BCUT2D eigenvalue weighted by atomic mass is 10.2. The Kier molecular flexibility index (Phi) is 6.05. The minimum atomic E-state index is -0.618.